The van der Waals surface area contributed by atoms with Crippen LogP contribution in [0.2, 0.25) is 0 Å². The number of rotatable bonds is 1. The van der Waals surface area contributed by atoms with E-state index in [0.29, 0.717) is 10.8 Å². The van der Waals surface area contributed by atoms with Crippen molar-refractivity contribution >= 4 is 39.1 Å². The lowest BCUT2D eigenvalue weighted by molar-refractivity contribution is -0.384. The number of non-ortho nitro benzene ring substituents is 1. The van der Waals surface area contributed by atoms with Crippen molar-refractivity contribution in [3.05, 3.63) is 44.0 Å². The van der Waals surface area contributed by atoms with Crippen molar-refractivity contribution < 1.29 is 10.0 Å². The van der Waals surface area contributed by atoms with Crippen LogP contribution in [0.15, 0.2) is 30.3 Å². The van der Waals surface area contributed by atoms with Gasteiger partial charge in [-0.1, -0.05) is 0 Å². The van der Waals surface area contributed by atoms with Gasteiger partial charge in [-0.05, 0) is 40.8 Å². The second kappa shape index (κ2) is 3.65. The van der Waals surface area contributed by atoms with E-state index in [9.17, 15) is 15.2 Å². The fraction of sp³-hybridized carbons (Fsp3) is 0. The average molecular weight is 315 g/mol. The smallest absolute Gasteiger partial charge is 0.270 e. The Morgan fingerprint density at radius 2 is 1.93 bits per heavy atom. The number of aromatic hydroxyl groups is 1. The number of phenols is 1. The normalized spacial score (nSPS) is 10.5. The van der Waals surface area contributed by atoms with E-state index in [1.807, 2.05) is 0 Å². The summed E-state index contributed by atoms with van der Waals surface area (Å²) >= 11 is 2.08. The molecular formula is C10H6INO3. The summed E-state index contributed by atoms with van der Waals surface area (Å²) in [5, 5.41) is 21.5. The molecule has 0 bridgehead atoms. The molecule has 0 heterocycles. The second-order valence-corrected chi connectivity index (χ2v) is 4.22. The van der Waals surface area contributed by atoms with Gasteiger partial charge in [-0.2, -0.15) is 0 Å². The molecular weight excluding hydrogens is 309 g/mol. The minimum atomic E-state index is -0.445. The van der Waals surface area contributed by atoms with E-state index in [0.717, 1.165) is 3.57 Å². The number of nitro benzene ring substituents is 1. The summed E-state index contributed by atoms with van der Waals surface area (Å²) in [4.78, 5) is 10.1. The van der Waals surface area contributed by atoms with E-state index in [1.165, 1.54) is 12.1 Å². The Kier molecular flexibility index (Phi) is 2.47. The van der Waals surface area contributed by atoms with Gasteiger partial charge in [0.2, 0.25) is 0 Å². The fourth-order valence-corrected chi connectivity index (χ4v) is 2.02. The lowest BCUT2D eigenvalue weighted by Crippen LogP contribution is -1.88. The maximum Gasteiger partial charge on any atom is 0.270 e. The largest absolute Gasteiger partial charge is 0.507 e. The Balaban J connectivity index is 2.81. The van der Waals surface area contributed by atoms with Crippen LogP contribution in [0.5, 0.6) is 5.75 Å². The maximum absolute atomic E-state index is 10.6. The van der Waals surface area contributed by atoms with Crippen LogP contribution < -0.4 is 0 Å². The maximum atomic E-state index is 10.6. The van der Waals surface area contributed by atoms with Crippen LogP contribution in [0.1, 0.15) is 0 Å². The zero-order valence-corrected chi connectivity index (χ0v) is 9.63. The fourth-order valence-electron chi connectivity index (χ4n) is 1.40. The molecule has 4 nitrogen and oxygen atoms in total. The molecule has 1 N–H and O–H groups in total. The van der Waals surface area contributed by atoms with E-state index in [-0.39, 0.29) is 11.4 Å². The van der Waals surface area contributed by atoms with Gasteiger partial charge in [0.25, 0.3) is 5.69 Å². The summed E-state index contributed by atoms with van der Waals surface area (Å²) < 4.78 is 0.879. The lowest BCUT2D eigenvalue weighted by Gasteiger charge is -2.02. The molecule has 0 unspecified atom stereocenters. The minimum absolute atomic E-state index is 0.0333. The summed E-state index contributed by atoms with van der Waals surface area (Å²) in [7, 11) is 0. The van der Waals surface area contributed by atoms with Crippen LogP contribution in [0.4, 0.5) is 5.69 Å². The van der Waals surface area contributed by atoms with Gasteiger partial charge in [0.05, 0.1) is 4.92 Å². The summed E-state index contributed by atoms with van der Waals surface area (Å²) in [5.74, 6) is 0.139. The van der Waals surface area contributed by atoms with Gasteiger partial charge >= 0.3 is 0 Å². The topological polar surface area (TPSA) is 63.4 Å². The molecule has 2 rings (SSSR count). The van der Waals surface area contributed by atoms with Crippen molar-refractivity contribution in [2.24, 2.45) is 0 Å². The van der Waals surface area contributed by atoms with Crippen molar-refractivity contribution in [1.82, 2.24) is 0 Å². The molecule has 0 radical (unpaired) electrons. The van der Waals surface area contributed by atoms with E-state index in [1.54, 1.807) is 18.2 Å². The predicted octanol–water partition coefficient (Wildman–Crippen LogP) is 3.06. The number of phenolic OH excluding ortho intramolecular Hbond substituents is 1. The molecule has 0 aromatic heterocycles. The number of nitrogens with zero attached hydrogens (tertiary/aromatic N) is 1. The second-order valence-electron chi connectivity index (χ2n) is 3.05. The van der Waals surface area contributed by atoms with Crippen molar-refractivity contribution in [1.29, 1.82) is 0 Å². The Morgan fingerprint density at radius 1 is 1.20 bits per heavy atom. The standard InChI is InChI=1S/C10H6INO3/c11-9-3-4-10(13)7-2-1-6(12(14)15)5-8(7)9/h1-5,13H. The molecule has 0 saturated carbocycles. The molecule has 0 aliphatic rings. The molecule has 0 aliphatic heterocycles. The van der Waals surface area contributed by atoms with E-state index >= 15 is 0 Å². The summed E-state index contributed by atoms with van der Waals surface area (Å²) in [6.45, 7) is 0. The van der Waals surface area contributed by atoms with Crippen molar-refractivity contribution in [2.45, 2.75) is 0 Å². The van der Waals surface area contributed by atoms with Gasteiger partial charge in [0, 0.05) is 26.5 Å². The van der Waals surface area contributed by atoms with Gasteiger partial charge in [-0.3, -0.25) is 10.1 Å². The molecule has 0 saturated heterocycles. The van der Waals surface area contributed by atoms with Crippen LogP contribution in [0.3, 0.4) is 0 Å². The Morgan fingerprint density at radius 3 is 2.60 bits per heavy atom. The average Bonchev–Trinajstić information content (AvgIpc) is 2.23. The number of hydrogen-bond acceptors (Lipinski definition) is 3. The third kappa shape index (κ3) is 1.74. The first-order valence-corrected chi connectivity index (χ1v) is 5.23. The number of halogens is 1. The molecule has 2 aromatic carbocycles. The summed E-state index contributed by atoms with van der Waals surface area (Å²) in [6.07, 6.45) is 0. The molecule has 0 atom stereocenters. The van der Waals surface area contributed by atoms with Crippen LogP contribution in [-0.4, -0.2) is 10.0 Å². The molecule has 2 aromatic rings. The van der Waals surface area contributed by atoms with Gasteiger partial charge in [0.1, 0.15) is 5.75 Å². The SMILES string of the molecule is O=[N+]([O-])c1ccc2c(O)ccc(I)c2c1. The highest BCUT2D eigenvalue weighted by molar-refractivity contribution is 14.1. The summed E-state index contributed by atoms with van der Waals surface area (Å²) in [5.41, 5.74) is 0.0333. The van der Waals surface area contributed by atoms with Gasteiger partial charge < -0.3 is 5.11 Å². The number of nitro groups is 1. The van der Waals surface area contributed by atoms with Crippen LogP contribution in [0.25, 0.3) is 10.8 Å². The number of hydrogen-bond donors (Lipinski definition) is 1. The first-order chi connectivity index (χ1) is 7.09. The molecule has 0 spiro atoms. The lowest BCUT2D eigenvalue weighted by atomic mass is 10.1. The zero-order chi connectivity index (χ0) is 11.0. The molecule has 0 aliphatic carbocycles. The van der Waals surface area contributed by atoms with Crippen molar-refractivity contribution in [3.8, 4) is 5.75 Å². The van der Waals surface area contributed by atoms with Gasteiger partial charge in [-0.25, -0.2) is 0 Å². The van der Waals surface area contributed by atoms with Gasteiger partial charge in [-0.15, -0.1) is 0 Å². The molecule has 76 valence electrons. The summed E-state index contributed by atoms with van der Waals surface area (Å²) in [6, 6.07) is 7.72. The highest BCUT2D eigenvalue weighted by Crippen LogP contribution is 2.31. The highest BCUT2D eigenvalue weighted by Gasteiger charge is 2.09. The Hall–Kier alpha value is -1.37. The first kappa shape index (κ1) is 10.2. The van der Waals surface area contributed by atoms with Crippen molar-refractivity contribution in [2.75, 3.05) is 0 Å². The molecule has 15 heavy (non-hydrogen) atoms. The predicted molar refractivity (Wildman–Crippen MR) is 65.0 cm³/mol. The Labute approximate surface area is 98.8 Å². The number of fused-ring (bicyclic) bond motifs is 1. The van der Waals surface area contributed by atoms with E-state index < -0.39 is 4.92 Å². The third-order valence-electron chi connectivity index (χ3n) is 2.13. The van der Waals surface area contributed by atoms with Crippen LogP contribution in [-0.2, 0) is 0 Å². The van der Waals surface area contributed by atoms with Crippen LogP contribution >= 0.6 is 22.6 Å². The van der Waals surface area contributed by atoms with Crippen LogP contribution in [0, 0.1) is 13.7 Å². The quantitative estimate of drug-likeness (QED) is 0.500. The van der Waals surface area contributed by atoms with E-state index in [2.05, 4.69) is 22.6 Å². The molecule has 0 amide bonds. The highest BCUT2D eigenvalue weighted by atomic mass is 127. The van der Waals surface area contributed by atoms with Crippen molar-refractivity contribution in [3.63, 3.8) is 0 Å². The zero-order valence-electron chi connectivity index (χ0n) is 7.48. The monoisotopic (exact) mass is 315 g/mol. The first-order valence-electron chi connectivity index (χ1n) is 4.15. The number of benzene rings is 2. The third-order valence-corrected chi connectivity index (χ3v) is 3.08. The van der Waals surface area contributed by atoms with E-state index in [4.69, 9.17) is 0 Å². The molecule has 0 fully saturated rings. The van der Waals surface area contributed by atoms with Gasteiger partial charge in [0.15, 0.2) is 0 Å². The Bertz CT molecular complexity index is 554. The minimum Gasteiger partial charge on any atom is -0.507 e. The molecule has 5 heteroatoms.